The van der Waals surface area contributed by atoms with Crippen LogP contribution in [0.3, 0.4) is 0 Å². The highest BCUT2D eigenvalue weighted by Gasteiger charge is 2.19. The van der Waals surface area contributed by atoms with Crippen molar-refractivity contribution in [3.05, 3.63) is 26.9 Å². The van der Waals surface area contributed by atoms with Crippen LogP contribution in [-0.4, -0.2) is 22.8 Å². The van der Waals surface area contributed by atoms with Gasteiger partial charge in [0, 0.05) is 25.4 Å². The molecule has 1 aliphatic carbocycles. The van der Waals surface area contributed by atoms with Gasteiger partial charge in [0.15, 0.2) is 0 Å². The number of nitrogens with one attached hydrogen (secondary N) is 1. The number of rotatable bonds is 4. The van der Waals surface area contributed by atoms with Gasteiger partial charge < -0.3 is 0 Å². The van der Waals surface area contributed by atoms with E-state index in [1.807, 2.05) is 13.8 Å². The Hall–Kier alpha value is -1.85. The van der Waals surface area contributed by atoms with Gasteiger partial charge in [0.2, 0.25) is 0 Å². The van der Waals surface area contributed by atoms with Crippen LogP contribution in [-0.2, 0) is 0 Å². The van der Waals surface area contributed by atoms with E-state index < -0.39 is 0 Å². The first-order valence-corrected chi connectivity index (χ1v) is 7.62. The Balaban J connectivity index is 2.28. The van der Waals surface area contributed by atoms with Gasteiger partial charge in [-0.25, -0.2) is 4.79 Å². The highest BCUT2D eigenvalue weighted by atomic mass is 16.2. The molecule has 1 fully saturated rings. The van der Waals surface area contributed by atoms with Crippen molar-refractivity contribution in [1.82, 2.24) is 9.55 Å². The van der Waals surface area contributed by atoms with Gasteiger partial charge in [-0.2, -0.15) is 5.10 Å². The quantitative estimate of drug-likeness (QED) is 0.682. The molecule has 0 unspecified atom stereocenters. The minimum absolute atomic E-state index is 0.0357. The normalized spacial score (nSPS) is 16.8. The fraction of sp³-hybridized carbons (Fsp3) is 0.667. The molecule has 1 saturated carbocycles. The topological polar surface area (TPSA) is 70.5 Å². The molecule has 116 valence electrons. The molecular weight excluding hydrogens is 268 g/mol. The zero-order chi connectivity index (χ0) is 15.4. The summed E-state index contributed by atoms with van der Waals surface area (Å²) in [4.78, 5) is 27.3. The van der Waals surface area contributed by atoms with Gasteiger partial charge in [-0.3, -0.25) is 19.4 Å². The Morgan fingerprint density at radius 3 is 2.57 bits per heavy atom. The number of aromatic amines is 1. The Kier molecular flexibility index (Phi) is 4.98. The van der Waals surface area contributed by atoms with Crippen LogP contribution in [0.2, 0.25) is 0 Å². The van der Waals surface area contributed by atoms with Gasteiger partial charge in [-0.05, 0) is 18.8 Å². The monoisotopic (exact) mass is 292 g/mol. The summed E-state index contributed by atoms with van der Waals surface area (Å²) in [6.07, 6.45) is 6.93. The van der Waals surface area contributed by atoms with E-state index in [0.29, 0.717) is 11.7 Å². The van der Waals surface area contributed by atoms with Crippen molar-refractivity contribution in [1.29, 1.82) is 0 Å². The zero-order valence-corrected chi connectivity index (χ0v) is 13.0. The lowest BCUT2D eigenvalue weighted by Gasteiger charge is -2.23. The number of H-pyrrole nitrogens is 1. The number of anilines is 1. The lowest BCUT2D eigenvalue weighted by Crippen LogP contribution is -2.39. The van der Waals surface area contributed by atoms with E-state index in [0.717, 1.165) is 25.7 Å². The van der Waals surface area contributed by atoms with Crippen molar-refractivity contribution in [3.63, 3.8) is 0 Å². The van der Waals surface area contributed by atoms with Crippen LogP contribution in [0.5, 0.6) is 0 Å². The van der Waals surface area contributed by atoms with Crippen LogP contribution in [0.1, 0.15) is 52.0 Å². The maximum absolute atomic E-state index is 12.3. The Bertz CT molecular complexity index is 578. The van der Waals surface area contributed by atoms with Crippen molar-refractivity contribution < 1.29 is 0 Å². The standard InChI is InChI=1S/C15H24N4O2/c1-11(2)10-16-18(3)13-9-14(20)19(15(21)17-13)12-7-5-4-6-8-12/h9-12H,4-8H2,1-3H3,(H,17,21). The molecule has 0 amide bonds. The molecule has 1 N–H and O–H groups in total. The summed E-state index contributed by atoms with van der Waals surface area (Å²) in [6.45, 7) is 4.03. The summed E-state index contributed by atoms with van der Waals surface area (Å²) < 4.78 is 1.36. The molecule has 0 aromatic carbocycles. The molecule has 1 heterocycles. The molecule has 1 aliphatic rings. The average Bonchev–Trinajstić information content (AvgIpc) is 2.45. The molecule has 0 aliphatic heterocycles. The first kappa shape index (κ1) is 15.5. The third-order valence-electron chi connectivity index (χ3n) is 3.78. The second-order valence-corrected chi connectivity index (χ2v) is 5.99. The lowest BCUT2D eigenvalue weighted by molar-refractivity contribution is 0.336. The summed E-state index contributed by atoms with van der Waals surface area (Å²) in [5.41, 5.74) is -0.580. The number of hydrogen-bond donors (Lipinski definition) is 1. The number of hydrogen-bond acceptors (Lipinski definition) is 4. The van der Waals surface area contributed by atoms with Crippen LogP contribution in [0.4, 0.5) is 5.82 Å². The Morgan fingerprint density at radius 2 is 2.00 bits per heavy atom. The number of hydrazone groups is 1. The molecule has 6 heteroatoms. The predicted molar refractivity (Wildman–Crippen MR) is 85.2 cm³/mol. The van der Waals surface area contributed by atoms with Crippen LogP contribution in [0.25, 0.3) is 0 Å². The molecule has 0 radical (unpaired) electrons. The smallest absolute Gasteiger partial charge is 0.292 e. The summed E-state index contributed by atoms with van der Waals surface area (Å²) >= 11 is 0. The minimum Gasteiger partial charge on any atom is -0.292 e. The second kappa shape index (κ2) is 6.74. The van der Waals surface area contributed by atoms with E-state index >= 15 is 0 Å². The Morgan fingerprint density at radius 1 is 1.33 bits per heavy atom. The van der Waals surface area contributed by atoms with Crippen molar-refractivity contribution in [3.8, 4) is 0 Å². The number of aromatic nitrogens is 2. The highest BCUT2D eigenvalue weighted by molar-refractivity contribution is 5.61. The minimum atomic E-state index is -0.337. The number of nitrogens with zero attached hydrogens (tertiary/aromatic N) is 3. The molecular formula is C15H24N4O2. The van der Waals surface area contributed by atoms with Crippen LogP contribution in [0.15, 0.2) is 20.8 Å². The van der Waals surface area contributed by atoms with E-state index in [-0.39, 0.29) is 17.3 Å². The fourth-order valence-corrected chi connectivity index (χ4v) is 2.65. The second-order valence-electron chi connectivity index (χ2n) is 5.99. The van der Waals surface area contributed by atoms with E-state index in [1.54, 1.807) is 13.3 Å². The van der Waals surface area contributed by atoms with E-state index in [4.69, 9.17) is 0 Å². The largest absolute Gasteiger partial charge is 0.330 e. The first-order chi connectivity index (χ1) is 9.99. The third kappa shape index (κ3) is 3.83. The molecule has 21 heavy (non-hydrogen) atoms. The van der Waals surface area contributed by atoms with Crippen LogP contribution < -0.4 is 16.3 Å². The van der Waals surface area contributed by atoms with Gasteiger partial charge in [0.1, 0.15) is 5.82 Å². The summed E-state index contributed by atoms with van der Waals surface area (Å²) in [6, 6.07) is 1.49. The van der Waals surface area contributed by atoms with Crippen LogP contribution in [0, 0.1) is 5.92 Å². The third-order valence-corrected chi connectivity index (χ3v) is 3.78. The van der Waals surface area contributed by atoms with Crippen molar-refractivity contribution in [2.24, 2.45) is 11.0 Å². The molecule has 2 rings (SSSR count). The molecule has 0 bridgehead atoms. The molecule has 1 aromatic heterocycles. The Labute approximate surface area is 124 Å². The van der Waals surface area contributed by atoms with E-state index in [1.165, 1.54) is 22.1 Å². The fourth-order valence-electron chi connectivity index (χ4n) is 2.65. The molecule has 6 nitrogen and oxygen atoms in total. The maximum Gasteiger partial charge on any atom is 0.330 e. The van der Waals surface area contributed by atoms with Crippen LogP contribution >= 0.6 is 0 Å². The van der Waals surface area contributed by atoms with E-state index in [9.17, 15) is 9.59 Å². The van der Waals surface area contributed by atoms with Crippen molar-refractivity contribution in [2.75, 3.05) is 12.1 Å². The van der Waals surface area contributed by atoms with Gasteiger partial charge in [0.05, 0.1) is 0 Å². The lowest BCUT2D eigenvalue weighted by atomic mass is 9.95. The van der Waals surface area contributed by atoms with Gasteiger partial charge in [0.25, 0.3) is 5.56 Å². The highest BCUT2D eigenvalue weighted by Crippen LogP contribution is 2.25. The van der Waals surface area contributed by atoms with E-state index in [2.05, 4.69) is 10.1 Å². The molecule has 0 saturated heterocycles. The average molecular weight is 292 g/mol. The zero-order valence-electron chi connectivity index (χ0n) is 13.0. The maximum atomic E-state index is 12.3. The predicted octanol–water partition coefficient (Wildman–Crippen LogP) is 2.12. The molecule has 1 aromatic rings. The summed E-state index contributed by atoms with van der Waals surface area (Å²) in [5.74, 6) is 0.732. The van der Waals surface area contributed by atoms with Gasteiger partial charge in [-0.15, -0.1) is 0 Å². The van der Waals surface area contributed by atoms with Crippen molar-refractivity contribution in [2.45, 2.75) is 52.0 Å². The van der Waals surface area contributed by atoms with Gasteiger partial charge >= 0.3 is 5.69 Å². The first-order valence-electron chi connectivity index (χ1n) is 7.62. The summed E-state index contributed by atoms with van der Waals surface area (Å²) in [7, 11) is 1.72. The van der Waals surface area contributed by atoms with Crippen molar-refractivity contribution >= 4 is 12.0 Å². The summed E-state index contributed by atoms with van der Waals surface area (Å²) in [5, 5.41) is 5.73. The molecule has 0 spiro atoms. The molecule has 0 atom stereocenters. The van der Waals surface area contributed by atoms with Gasteiger partial charge in [-0.1, -0.05) is 33.1 Å². The SMILES string of the molecule is CC(C)C=NN(C)c1cc(=O)n(C2CCCCC2)c(=O)[nH]1.